The highest BCUT2D eigenvalue weighted by Gasteiger charge is 2.09. The Morgan fingerprint density at radius 3 is 3.17 bits per heavy atom. The maximum atomic E-state index is 11.2. The Bertz CT molecular complexity index is 291. The number of rotatable bonds is 3. The second-order valence-corrected chi connectivity index (χ2v) is 2.20. The van der Waals surface area contributed by atoms with Crippen LogP contribution in [0.15, 0.2) is 18.9 Å². The van der Waals surface area contributed by atoms with Gasteiger partial charge in [0.1, 0.15) is 5.69 Å². The SMILES string of the molecule is C=CCNC(=O)c1[nH]ncc1N. The number of carbonyl (C=O) groups is 1. The van der Waals surface area contributed by atoms with Crippen LogP contribution in [0.25, 0.3) is 0 Å². The summed E-state index contributed by atoms with van der Waals surface area (Å²) in [5.74, 6) is -0.273. The molecule has 0 saturated carbocycles. The molecule has 0 aliphatic rings. The lowest BCUT2D eigenvalue weighted by Gasteiger charge is -1.98. The van der Waals surface area contributed by atoms with Gasteiger partial charge in [0.2, 0.25) is 0 Å². The van der Waals surface area contributed by atoms with E-state index < -0.39 is 0 Å². The number of nitrogens with two attached hydrogens (primary N) is 1. The average molecular weight is 166 g/mol. The van der Waals surface area contributed by atoms with Gasteiger partial charge in [-0.2, -0.15) is 5.10 Å². The highest BCUT2D eigenvalue weighted by atomic mass is 16.1. The molecule has 1 rings (SSSR count). The zero-order chi connectivity index (χ0) is 8.97. The van der Waals surface area contributed by atoms with E-state index in [1.54, 1.807) is 6.08 Å². The lowest BCUT2D eigenvalue weighted by Crippen LogP contribution is -2.24. The Morgan fingerprint density at radius 1 is 1.92 bits per heavy atom. The molecule has 4 N–H and O–H groups in total. The summed E-state index contributed by atoms with van der Waals surface area (Å²) in [6, 6.07) is 0. The third-order valence-corrected chi connectivity index (χ3v) is 1.30. The molecule has 0 aromatic carbocycles. The van der Waals surface area contributed by atoms with Crippen LogP contribution in [-0.2, 0) is 0 Å². The van der Waals surface area contributed by atoms with E-state index >= 15 is 0 Å². The molecule has 0 aliphatic heterocycles. The van der Waals surface area contributed by atoms with Crippen LogP contribution in [0.4, 0.5) is 5.69 Å². The van der Waals surface area contributed by atoms with Crippen molar-refractivity contribution in [3.8, 4) is 0 Å². The van der Waals surface area contributed by atoms with Gasteiger partial charge in [0.25, 0.3) is 5.91 Å². The molecule has 0 radical (unpaired) electrons. The fraction of sp³-hybridized carbons (Fsp3) is 0.143. The van der Waals surface area contributed by atoms with Crippen LogP contribution in [0.5, 0.6) is 0 Å². The molecular weight excluding hydrogens is 156 g/mol. The van der Waals surface area contributed by atoms with Gasteiger partial charge in [-0.05, 0) is 0 Å². The highest BCUT2D eigenvalue weighted by molar-refractivity contribution is 5.96. The maximum Gasteiger partial charge on any atom is 0.271 e. The molecule has 1 amide bonds. The van der Waals surface area contributed by atoms with Gasteiger partial charge in [-0.1, -0.05) is 6.08 Å². The van der Waals surface area contributed by atoms with E-state index in [-0.39, 0.29) is 11.6 Å². The number of anilines is 1. The standard InChI is InChI=1S/C7H10N4O/c1-2-3-9-7(12)6-5(8)4-10-11-6/h2,4H,1,3,8H2,(H,9,12)(H,10,11). The molecule has 64 valence electrons. The Labute approximate surface area is 69.7 Å². The number of H-pyrrole nitrogens is 1. The largest absolute Gasteiger partial charge is 0.396 e. The van der Waals surface area contributed by atoms with Gasteiger partial charge in [0.15, 0.2) is 0 Å². The topological polar surface area (TPSA) is 83.8 Å². The summed E-state index contributed by atoms with van der Waals surface area (Å²) in [5, 5.41) is 8.67. The van der Waals surface area contributed by atoms with Crippen molar-refractivity contribution < 1.29 is 4.79 Å². The fourth-order valence-corrected chi connectivity index (χ4v) is 0.731. The molecule has 0 fully saturated rings. The quantitative estimate of drug-likeness (QED) is 0.548. The predicted octanol–water partition coefficient (Wildman–Crippen LogP) is -0.0923. The molecule has 0 atom stereocenters. The second kappa shape index (κ2) is 3.56. The number of aromatic nitrogens is 2. The van der Waals surface area contributed by atoms with Crippen LogP contribution in [0, 0.1) is 0 Å². The number of hydrogen-bond acceptors (Lipinski definition) is 3. The van der Waals surface area contributed by atoms with E-state index in [2.05, 4.69) is 22.1 Å². The van der Waals surface area contributed by atoms with Crippen LogP contribution in [0.2, 0.25) is 0 Å². The molecule has 0 aliphatic carbocycles. The first-order chi connectivity index (χ1) is 5.75. The summed E-state index contributed by atoms with van der Waals surface area (Å²) in [6.45, 7) is 3.88. The summed E-state index contributed by atoms with van der Waals surface area (Å²) in [6.07, 6.45) is 2.98. The predicted molar refractivity (Wildman–Crippen MR) is 45.5 cm³/mol. The highest BCUT2D eigenvalue weighted by Crippen LogP contribution is 2.04. The van der Waals surface area contributed by atoms with Crippen molar-refractivity contribution in [2.75, 3.05) is 12.3 Å². The van der Waals surface area contributed by atoms with Crippen LogP contribution in [0.3, 0.4) is 0 Å². The van der Waals surface area contributed by atoms with E-state index in [0.29, 0.717) is 12.2 Å². The van der Waals surface area contributed by atoms with Crippen molar-refractivity contribution in [2.24, 2.45) is 0 Å². The lowest BCUT2D eigenvalue weighted by atomic mass is 10.3. The number of hydrogen-bond donors (Lipinski definition) is 3. The monoisotopic (exact) mass is 166 g/mol. The fourth-order valence-electron chi connectivity index (χ4n) is 0.731. The van der Waals surface area contributed by atoms with E-state index in [9.17, 15) is 4.79 Å². The van der Waals surface area contributed by atoms with Gasteiger partial charge < -0.3 is 11.1 Å². The molecule has 1 heterocycles. The minimum Gasteiger partial charge on any atom is -0.396 e. The van der Waals surface area contributed by atoms with Gasteiger partial charge in [-0.25, -0.2) is 0 Å². The molecule has 1 aromatic rings. The van der Waals surface area contributed by atoms with Crippen molar-refractivity contribution in [1.29, 1.82) is 0 Å². The number of amides is 1. The van der Waals surface area contributed by atoms with Crippen LogP contribution in [0.1, 0.15) is 10.5 Å². The van der Waals surface area contributed by atoms with Crippen molar-refractivity contribution in [1.82, 2.24) is 15.5 Å². The molecular formula is C7H10N4O. The van der Waals surface area contributed by atoms with E-state index in [0.717, 1.165) is 0 Å². The third-order valence-electron chi connectivity index (χ3n) is 1.30. The van der Waals surface area contributed by atoms with Gasteiger partial charge in [0, 0.05) is 6.54 Å². The Kier molecular flexibility index (Phi) is 2.47. The summed E-state index contributed by atoms with van der Waals surface area (Å²) < 4.78 is 0. The van der Waals surface area contributed by atoms with Crippen molar-refractivity contribution >= 4 is 11.6 Å². The molecule has 1 aromatic heterocycles. The van der Waals surface area contributed by atoms with Crippen molar-refractivity contribution in [2.45, 2.75) is 0 Å². The Balaban J connectivity index is 2.65. The Hall–Kier alpha value is -1.78. The third kappa shape index (κ3) is 1.63. The average Bonchev–Trinajstić information content (AvgIpc) is 2.47. The number of carbonyl (C=O) groups excluding carboxylic acids is 1. The first kappa shape index (κ1) is 8.32. The van der Waals surface area contributed by atoms with Crippen molar-refractivity contribution in [3.63, 3.8) is 0 Å². The summed E-state index contributed by atoms with van der Waals surface area (Å²) in [7, 11) is 0. The molecule has 5 heteroatoms. The maximum absolute atomic E-state index is 11.2. The molecule has 0 unspecified atom stereocenters. The smallest absolute Gasteiger partial charge is 0.271 e. The lowest BCUT2D eigenvalue weighted by molar-refractivity contribution is 0.0954. The normalized spacial score (nSPS) is 9.33. The number of nitrogens with one attached hydrogen (secondary N) is 2. The molecule has 5 nitrogen and oxygen atoms in total. The minimum atomic E-state index is -0.273. The van der Waals surface area contributed by atoms with Crippen LogP contribution >= 0.6 is 0 Å². The first-order valence-corrected chi connectivity index (χ1v) is 3.43. The van der Waals surface area contributed by atoms with E-state index in [1.807, 2.05) is 0 Å². The van der Waals surface area contributed by atoms with Gasteiger partial charge >= 0.3 is 0 Å². The second-order valence-electron chi connectivity index (χ2n) is 2.20. The summed E-state index contributed by atoms with van der Waals surface area (Å²) in [4.78, 5) is 11.2. The zero-order valence-corrected chi connectivity index (χ0v) is 6.50. The number of nitrogen functional groups attached to an aromatic ring is 1. The van der Waals surface area contributed by atoms with E-state index in [4.69, 9.17) is 5.73 Å². The Morgan fingerprint density at radius 2 is 2.67 bits per heavy atom. The zero-order valence-electron chi connectivity index (χ0n) is 6.50. The van der Waals surface area contributed by atoms with Crippen LogP contribution in [-0.4, -0.2) is 22.6 Å². The van der Waals surface area contributed by atoms with E-state index in [1.165, 1.54) is 6.20 Å². The van der Waals surface area contributed by atoms with Crippen LogP contribution < -0.4 is 11.1 Å². The summed E-state index contributed by atoms with van der Waals surface area (Å²) >= 11 is 0. The number of aromatic amines is 1. The molecule has 0 saturated heterocycles. The van der Waals surface area contributed by atoms with Gasteiger partial charge in [-0.15, -0.1) is 6.58 Å². The number of nitrogens with zero attached hydrogens (tertiary/aromatic N) is 1. The first-order valence-electron chi connectivity index (χ1n) is 3.43. The molecule has 0 spiro atoms. The molecule has 0 bridgehead atoms. The molecule has 12 heavy (non-hydrogen) atoms. The van der Waals surface area contributed by atoms with Gasteiger partial charge in [-0.3, -0.25) is 9.89 Å². The summed E-state index contributed by atoms with van der Waals surface area (Å²) in [5.41, 5.74) is 6.07. The van der Waals surface area contributed by atoms with Crippen molar-refractivity contribution in [3.05, 3.63) is 24.5 Å². The van der Waals surface area contributed by atoms with Gasteiger partial charge in [0.05, 0.1) is 11.9 Å². The minimum absolute atomic E-state index is 0.273.